The fraction of sp³-hybridized carbons (Fsp3) is 0.125. The highest BCUT2D eigenvalue weighted by molar-refractivity contribution is 5.79. The van der Waals surface area contributed by atoms with E-state index in [1.807, 2.05) is 50.2 Å². The fourth-order valence-corrected chi connectivity index (χ4v) is 1.83. The lowest BCUT2D eigenvalue weighted by molar-refractivity contribution is 0.473. The van der Waals surface area contributed by atoms with Crippen LogP contribution in [0.1, 0.15) is 16.7 Å². The second-order valence-corrected chi connectivity index (χ2v) is 4.44. The van der Waals surface area contributed by atoms with E-state index < -0.39 is 0 Å². The number of anilines is 1. The first-order valence-corrected chi connectivity index (χ1v) is 5.89. The van der Waals surface area contributed by atoms with Crippen LogP contribution >= 0.6 is 0 Å². The Bertz CT molecular complexity index is 587. The first-order chi connectivity index (χ1) is 8.58. The van der Waals surface area contributed by atoms with Gasteiger partial charge in [-0.25, -0.2) is 0 Å². The van der Waals surface area contributed by atoms with Crippen LogP contribution < -0.4 is 5.32 Å². The molecule has 0 aromatic heterocycles. The number of rotatable bonds is 3. The molecule has 2 rings (SSSR count). The highest BCUT2D eigenvalue weighted by Gasteiger charge is 2.06. The van der Waals surface area contributed by atoms with Crippen LogP contribution in [0.5, 0.6) is 5.75 Å². The monoisotopic (exact) mass is 239 g/mol. The zero-order valence-electron chi connectivity index (χ0n) is 10.7. The molecule has 0 radical (unpaired) electrons. The van der Waals surface area contributed by atoms with E-state index in [1.54, 1.807) is 6.07 Å². The molecule has 0 atom stereocenters. The zero-order valence-corrected chi connectivity index (χ0v) is 10.7. The van der Waals surface area contributed by atoms with Crippen LogP contribution in [-0.2, 0) is 0 Å². The summed E-state index contributed by atoms with van der Waals surface area (Å²) in [4.78, 5) is 0. The molecule has 0 saturated carbocycles. The highest BCUT2D eigenvalue weighted by atomic mass is 16.3. The minimum Gasteiger partial charge on any atom is -0.507 e. The number of hydrogen-bond donors (Lipinski definition) is 2. The van der Waals surface area contributed by atoms with Crippen LogP contribution in [-0.4, -0.2) is 5.11 Å². The Hall–Kier alpha value is -2.22. The Balaban J connectivity index is 2.28. The molecule has 0 amide bonds. The molecule has 2 N–H and O–H groups in total. The fourth-order valence-electron chi connectivity index (χ4n) is 1.83. The van der Waals surface area contributed by atoms with Crippen LogP contribution in [0.4, 0.5) is 5.69 Å². The summed E-state index contributed by atoms with van der Waals surface area (Å²) in [7, 11) is 0. The number of benzene rings is 2. The molecule has 92 valence electrons. The molecule has 0 spiro atoms. The third kappa shape index (κ3) is 2.54. The van der Waals surface area contributed by atoms with Crippen molar-refractivity contribution >= 4 is 11.4 Å². The van der Waals surface area contributed by atoms with E-state index in [2.05, 4.69) is 11.9 Å². The maximum absolute atomic E-state index is 9.85. The molecule has 0 aliphatic heterocycles. The number of phenols is 1. The van der Waals surface area contributed by atoms with E-state index in [1.165, 1.54) is 0 Å². The predicted molar refractivity (Wildman–Crippen MR) is 76.7 cm³/mol. The Morgan fingerprint density at radius 3 is 2.56 bits per heavy atom. The van der Waals surface area contributed by atoms with Crippen molar-refractivity contribution in [3.8, 4) is 5.75 Å². The predicted octanol–water partition coefficient (Wildman–Crippen LogP) is 4.09. The number of para-hydroxylation sites is 1. The normalized spacial score (nSPS) is 10.1. The number of phenolic OH excluding ortho intramolecular Hbond substituents is 1. The standard InChI is InChI=1S/C16H17NO/c1-11-8-9-16(18)14(10-11)13(3)17-15-7-5-4-6-12(15)2/h4-10,17-18H,3H2,1-2H3. The minimum absolute atomic E-state index is 0.242. The third-order valence-electron chi connectivity index (χ3n) is 2.91. The van der Waals surface area contributed by atoms with Crippen LogP contribution in [0.25, 0.3) is 5.70 Å². The molecule has 0 aliphatic carbocycles. The van der Waals surface area contributed by atoms with Crippen molar-refractivity contribution in [2.24, 2.45) is 0 Å². The van der Waals surface area contributed by atoms with E-state index in [9.17, 15) is 5.11 Å². The van der Waals surface area contributed by atoms with Gasteiger partial charge in [-0.1, -0.05) is 36.4 Å². The molecule has 0 saturated heterocycles. The maximum Gasteiger partial charge on any atom is 0.124 e. The lowest BCUT2D eigenvalue weighted by Gasteiger charge is -2.13. The summed E-state index contributed by atoms with van der Waals surface area (Å²) in [6, 6.07) is 13.5. The maximum atomic E-state index is 9.85. The molecule has 2 aromatic rings. The van der Waals surface area contributed by atoms with Gasteiger partial charge in [-0.3, -0.25) is 0 Å². The van der Waals surface area contributed by atoms with Crippen molar-refractivity contribution in [2.75, 3.05) is 5.32 Å². The van der Waals surface area contributed by atoms with Gasteiger partial charge in [0.2, 0.25) is 0 Å². The summed E-state index contributed by atoms with van der Waals surface area (Å²) in [5, 5.41) is 13.1. The van der Waals surface area contributed by atoms with Gasteiger partial charge in [0.1, 0.15) is 5.75 Å². The summed E-state index contributed by atoms with van der Waals surface area (Å²) >= 11 is 0. The van der Waals surface area contributed by atoms with Crippen molar-refractivity contribution in [3.63, 3.8) is 0 Å². The van der Waals surface area contributed by atoms with Crippen LogP contribution in [0.15, 0.2) is 49.0 Å². The van der Waals surface area contributed by atoms with Crippen molar-refractivity contribution < 1.29 is 5.11 Å². The van der Waals surface area contributed by atoms with Crippen molar-refractivity contribution in [2.45, 2.75) is 13.8 Å². The van der Waals surface area contributed by atoms with Gasteiger partial charge in [-0.15, -0.1) is 0 Å². The first-order valence-electron chi connectivity index (χ1n) is 5.89. The summed E-state index contributed by atoms with van der Waals surface area (Å²) < 4.78 is 0. The van der Waals surface area contributed by atoms with E-state index in [4.69, 9.17) is 0 Å². The van der Waals surface area contributed by atoms with Gasteiger partial charge in [0.25, 0.3) is 0 Å². The van der Waals surface area contributed by atoms with Gasteiger partial charge in [0.05, 0.1) is 0 Å². The van der Waals surface area contributed by atoms with Crippen LogP contribution in [0.3, 0.4) is 0 Å². The Morgan fingerprint density at radius 1 is 1.11 bits per heavy atom. The Kier molecular flexibility index (Phi) is 3.38. The van der Waals surface area contributed by atoms with Gasteiger partial charge >= 0.3 is 0 Å². The SMILES string of the molecule is C=C(Nc1ccccc1C)c1cc(C)ccc1O. The second kappa shape index (κ2) is 4.96. The molecule has 0 heterocycles. The molecule has 0 bridgehead atoms. The summed E-state index contributed by atoms with van der Waals surface area (Å²) in [5.41, 5.74) is 4.67. The Labute approximate surface area is 108 Å². The lowest BCUT2D eigenvalue weighted by Crippen LogP contribution is -1.99. The molecular weight excluding hydrogens is 222 g/mol. The molecule has 18 heavy (non-hydrogen) atoms. The van der Waals surface area contributed by atoms with Gasteiger partial charge in [0, 0.05) is 16.9 Å². The topological polar surface area (TPSA) is 32.3 Å². The molecule has 2 nitrogen and oxygen atoms in total. The Morgan fingerprint density at radius 2 is 1.83 bits per heavy atom. The lowest BCUT2D eigenvalue weighted by atomic mass is 10.1. The molecular formula is C16H17NO. The number of aromatic hydroxyl groups is 1. The number of hydrogen-bond acceptors (Lipinski definition) is 2. The molecule has 2 heteroatoms. The zero-order chi connectivity index (χ0) is 13.1. The van der Waals surface area contributed by atoms with Crippen LogP contribution in [0.2, 0.25) is 0 Å². The van der Waals surface area contributed by atoms with E-state index in [0.717, 1.165) is 22.4 Å². The molecule has 0 aliphatic rings. The van der Waals surface area contributed by atoms with E-state index in [0.29, 0.717) is 5.70 Å². The van der Waals surface area contributed by atoms with Crippen molar-refractivity contribution in [3.05, 3.63) is 65.7 Å². The average molecular weight is 239 g/mol. The smallest absolute Gasteiger partial charge is 0.124 e. The summed E-state index contributed by atoms with van der Waals surface area (Å²) in [5.74, 6) is 0.242. The number of nitrogens with one attached hydrogen (secondary N) is 1. The summed E-state index contributed by atoms with van der Waals surface area (Å²) in [6.07, 6.45) is 0. The summed E-state index contributed by atoms with van der Waals surface area (Å²) in [6.45, 7) is 8.02. The molecule has 0 fully saturated rings. The number of aryl methyl sites for hydroxylation is 2. The molecule has 0 unspecified atom stereocenters. The molecule has 2 aromatic carbocycles. The van der Waals surface area contributed by atoms with E-state index >= 15 is 0 Å². The minimum atomic E-state index is 0.242. The van der Waals surface area contributed by atoms with Gasteiger partial charge in [-0.05, 0) is 37.6 Å². The second-order valence-electron chi connectivity index (χ2n) is 4.44. The quantitative estimate of drug-likeness (QED) is 0.845. The largest absolute Gasteiger partial charge is 0.507 e. The van der Waals surface area contributed by atoms with Gasteiger partial charge < -0.3 is 10.4 Å². The van der Waals surface area contributed by atoms with Crippen molar-refractivity contribution in [1.29, 1.82) is 0 Å². The van der Waals surface area contributed by atoms with Crippen LogP contribution in [0, 0.1) is 13.8 Å². The first kappa shape index (κ1) is 12.2. The average Bonchev–Trinajstić information content (AvgIpc) is 2.35. The van der Waals surface area contributed by atoms with Crippen molar-refractivity contribution in [1.82, 2.24) is 0 Å². The van der Waals surface area contributed by atoms with Gasteiger partial charge in [0.15, 0.2) is 0 Å². The third-order valence-corrected chi connectivity index (χ3v) is 2.91. The van der Waals surface area contributed by atoms with Gasteiger partial charge in [-0.2, -0.15) is 0 Å². The highest BCUT2D eigenvalue weighted by Crippen LogP contribution is 2.27. The van der Waals surface area contributed by atoms with E-state index in [-0.39, 0.29) is 5.75 Å².